The first-order valence-corrected chi connectivity index (χ1v) is 22.1. The van der Waals surface area contributed by atoms with Crippen LogP contribution in [0.25, 0.3) is 11.0 Å². The topological polar surface area (TPSA) is 236 Å². The van der Waals surface area contributed by atoms with Crippen molar-refractivity contribution in [3.63, 3.8) is 0 Å². The van der Waals surface area contributed by atoms with Crippen LogP contribution in [0, 0.1) is 18.0 Å². The predicted octanol–water partition coefficient (Wildman–Crippen LogP) is 2.00. The third-order valence-corrected chi connectivity index (χ3v) is 10.7. The van der Waals surface area contributed by atoms with Gasteiger partial charge in [-0.2, -0.15) is 11.8 Å². The summed E-state index contributed by atoms with van der Waals surface area (Å²) in [6.07, 6.45) is 12.4. The second kappa shape index (κ2) is 32.6. The van der Waals surface area contributed by atoms with Gasteiger partial charge in [0.05, 0.1) is 19.3 Å². The number of benzene rings is 2. The van der Waals surface area contributed by atoms with E-state index in [0.29, 0.717) is 70.2 Å². The van der Waals surface area contributed by atoms with Crippen molar-refractivity contribution in [1.29, 1.82) is 0 Å². The standard InChI is InChI=1S/C24H32N4O5S.C18H22N3O2.C4H8N.Na.W/c1-16-17-6-5-7-18(22(17)24(33)28(16)19-9-10-21(31)27-23(19)32)25-11-4-2-3-8-20(30)26-12-14-34-15-13-29;1-4-5-6-14(17(12-19)18(20)21-2)8-7-13-9-15(22)11-16(10-13)23-3;1-2-4-5-3-1;;/h5-7,19,25,29H,1-4,8-15H2,(H,26,30)(H,27,31,32);6,9-11,22H,4-5,19H2,1-3H3,(H2,20,21);1-4H2;;/q;2*-1;+1;/b;14-6+;;;. The number of phenolic OH excluding ortho intramolecular Hbond substituents is 1. The summed E-state index contributed by atoms with van der Waals surface area (Å²) in [5.41, 5.74) is 15.5. The number of anilines is 1. The quantitative estimate of drug-likeness (QED) is 0.0131. The molecule has 2 aromatic rings. The van der Waals surface area contributed by atoms with Gasteiger partial charge < -0.3 is 47.4 Å². The number of nitrogens with one attached hydrogen (secondary N) is 3. The molecule has 3 heterocycles. The number of hydrogen-bond acceptors (Lipinski definition) is 11. The number of unbranched alkanes of at least 4 members (excludes halogenated alkanes) is 3. The number of fused-ring (bicyclic) bond motifs is 1. The summed E-state index contributed by atoms with van der Waals surface area (Å²) in [5.74, 6) is 7.32. The van der Waals surface area contributed by atoms with E-state index in [9.17, 15) is 24.3 Å². The van der Waals surface area contributed by atoms with Crippen LogP contribution in [0.1, 0.15) is 92.6 Å². The van der Waals surface area contributed by atoms with Gasteiger partial charge in [0.15, 0.2) is 0 Å². The minimum atomic E-state index is -0.739. The van der Waals surface area contributed by atoms with Gasteiger partial charge in [0.25, 0.3) is 5.91 Å². The number of rotatable bonds is 18. The molecule has 0 saturated carbocycles. The van der Waals surface area contributed by atoms with E-state index in [1.165, 1.54) is 30.9 Å². The third kappa shape index (κ3) is 19.2. The number of piperidine rings is 1. The molecular formula is C46H62N8NaO7SW-. The third-order valence-electron chi connectivity index (χ3n) is 9.72. The number of imide groups is 1. The summed E-state index contributed by atoms with van der Waals surface area (Å²) in [6.45, 7) is 9.76. The van der Waals surface area contributed by atoms with Crippen LogP contribution in [-0.4, -0.2) is 109 Å². The Morgan fingerprint density at radius 3 is 2.53 bits per heavy atom. The zero-order chi connectivity index (χ0) is 45.3. The van der Waals surface area contributed by atoms with Crippen molar-refractivity contribution < 1.29 is 84.8 Å². The van der Waals surface area contributed by atoms with Gasteiger partial charge in [-0.25, -0.2) is 0 Å². The van der Waals surface area contributed by atoms with Crippen LogP contribution in [0.5, 0.6) is 11.5 Å². The van der Waals surface area contributed by atoms with Crippen molar-refractivity contribution in [2.24, 2.45) is 16.5 Å². The van der Waals surface area contributed by atoms with E-state index in [-0.39, 0.29) is 99.4 Å². The van der Waals surface area contributed by atoms with E-state index in [4.69, 9.17) is 21.3 Å². The van der Waals surface area contributed by atoms with E-state index in [2.05, 4.69) is 57.8 Å². The average molecular weight is 1080 g/mol. The second-order valence-corrected chi connectivity index (χ2v) is 15.5. The van der Waals surface area contributed by atoms with Crippen LogP contribution in [0.3, 0.4) is 0 Å². The Balaban J connectivity index is 0.000000591. The maximum absolute atomic E-state index is 13.2. The number of aliphatic imine (C=N–C) groups is 1. The maximum Gasteiger partial charge on any atom is 1.00 e. The Bertz CT molecular complexity index is 2010. The first-order chi connectivity index (χ1) is 30.0. The zero-order valence-electron chi connectivity index (χ0n) is 37.6. The molecule has 342 valence electrons. The largest absolute Gasteiger partial charge is 1.00 e. The van der Waals surface area contributed by atoms with Gasteiger partial charge in [-0.3, -0.25) is 29.4 Å². The van der Waals surface area contributed by atoms with E-state index in [1.807, 2.05) is 24.3 Å². The van der Waals surface area contributed by atoms with Gasteiger partial charge in [-0.1, -0.05) is 62.8 Å². The van der Waals surface area contributed by atoms with Gasteiger partial charge >= 0.3 is 29.6 Å². The number of nitrogens with two attached hydrogens (primary N) is 2. The van der Waals surface area contributed by atoms with Crippen LogP contribution in [0.4, 0.5) is 5.69 Å². The van der Waals surface area contributed by atoms with Crippen LogP contribution >= 0.6 is 11.8 Å². The fourth-order valence-corrected chi connectivity index (χ4v) is 7.09. The number of amidine groups is 1. The number of nitrogens with zero attached hydrogens (tertiary/aromatic N) is 3. The first-order valence-electron chi connectivity index (χ1n) is 21.0. The van der Waals surface area contributed by atoms with Crippen molar-refractivity contribution >= 4 is 52.6 Å². The van der Waals surface area contributed by atoms with Gasteiger partial charge in [-0.05, 0) is 43.9 Å². The molecule has 0 bridgehead atoms. The fourth-order valence-electron chi connectivity index (χ4n) is 6.51. The summed E-state index contributed by atoms with van der Waals surface area (Å²) in [6, 6.07) is 9.55. The number of ether oxygens (including phenoxy) is 1. The van der Waals surface area contributed by atoms with Crippen molar-refractivity contribution in [2.75, 3.05) is 63.8 Å². The van der Waals surface area contributed by atoms with E-state index in [1.54, 1.807) is 30.9 Å². The summed E-state index contributed by atoms with van der Waals surface area (Å²) in [5, 5.41) is 31.0. The molecule has 0 spiro atoms. The molecule has 3 aliphatic rings. The van der Waals surface area contributed by atoms with Crippen molar-refractivity contribution in [3.8, 4) is 23.3 Å². The number of aliphatic hydroxyl groups is 1. The molecule has 0 aliphatic carbocycles. The number of amides is 4. The Morgan fingerprint density at radius 1 is 1.16 bits per heavy atom. The molecule has 0 radical (unpaired) electrons. The Labute approximate surface area is 419 Å². The maximum atomic E-state index is 13.2. The van der Waals surface area contributed by atoms with E-state index < -0.39 is 11.9 Å². The number of thioether (sulfide) groups is 1. The predicted molar refractivity (Wildman–Crippen MR) is 248 cm³/mol. The number of aliphatic hydroxyl groups excluding tert-OH is 1. The van der Waals surface area contributed by atoms with Gasteiger partial charge in [-0.15, -0.1) is 36.9 Å². The van der Waals surface area contributed by atoms with Crippen molar-refractivity contribution in [3.05, 3.63) is 88.4 Å². The average Bonchev–Trinajstić information content (AvgIpc) is 3.94. The number of allylic oxidation sites excluding steroid dienone is 1. The molecule has 15 nitrogen and oxygen atoms in total. The molecule has 9 N–H and O–H groups in total. The molecule has 4 amide bonds. The monoisotopic (exact) mass is 1080 g/mol. The fraction of sp³-hybridized carbons (Fsp3) is 0.457. The SMILES string of the molecule is C1CC[N-]C1.C=C1c2cccc(NCCCCCC(=O)NCCSCCO)c2C(=O)N1C1CCC(=O)NC1=O.CCC/C=C(\C#Cc1cc(O)cc(OC)c1)C(=[C-]N)C(N)=NC.[Na+].[W]. The smallest absolute Gasteiger partial charge is 0.662 e. The molecule has 0 aromatic heterocycles. The van der Waals surface area contributed by atoms with Crippen LogP contribution < -0.4 is 61.7 Å². The Morgan fingerprint density at radius 2 is 1.91 bits per heavy atom. The van der Waals surface area contributed by atoms with Gasteiger partial charge in [0, 0.05) is 100.0 Å². The number of carbonyl (C=O) groups is 4. The summed E-state index contributed by atoms with van der Waals surface area (Å²) in [7, 11) is 3.11. The summed E-state index contributed by atoms with van der Waals surface area (Å²) < 4.78 is 5.11. The number of carbonyl (C=O) groups excluding carboxylic acids is 4. The minimum Gasteiger partial charge on any atom is -0.662 e. The zero-order valence-corrected chi connectivity index (χ0v) is 43.3. The van der Waals surface area contributed by atoms with Gasteiger partial charge in [0.2, 0.25) is 17.7 Å². The van der Waals surface area contributed by atoms with E-state index >= 15 is 0 Å². The number of methoxy groups -OCH3 is 1. The molecule has 2 saturated heterocycles. The molecule has 18 heteroatoms. The molecule has 1 atom stereocenters. The molecule has 5 rings (SSSR count). The Hall–Kier alpha value is -4.07. The van der Waals surface area contributed by atoms with Crippen LogP contribution in [0.15, 0.2) is 65.2 Å². The molecular weight excluding hydrogens is 1020 g/mol. The number of phenols is 1. The summed E-state index contributed by atoms with van der Waals surface area (Å²) in [4.78, 5) is 54.2. The number of hydrogen-bond donors (Lipinski definition) is 7. The number of aromatic hydroxyl groups is 1. The Kier molecular flexibility index (Phi) is 29.5. The molecule has 2 aromatic carbocycles. The second-order valence-electron chi connectivity index (χ2n) is 14.3. The molecule has 3 aliphatic heterocycles. The normalized spacial score (nSPS) is 15.7. The van der Waals surface area contributed by atoms with E-state index in [0.717, 1.165) is 50.9 Å². The molecule has 64 heavy (non-hydrogen) atoms. The molecule has 2 fully saturated rings. The van der Waals surface area contributed by atoms with Crippen LogP contribution in [-0.2, 0) is 35.4 Å². The van der Waals surface area contributed by atoms with Crippen molar-refractivity contribution in [2.45, 2.75) is 77.2 Å². The van der Waals surface area contributed by atoms with Crippen LogP contribution in [0.2, 0.25) is 0 Å². The first kappa shape index (κ1) is 57.9. The molecule has 1 unspecified atom stereocenters. The summed E-state index contributed by atoms with van der Waals surface area (Å²) >= 11 is 1.61. The van der Waals surface area contributed by atoms with Crippen molar-refractivity contribution in [1.82, 2.24) is 15.5 Å². The minimum absolute atomic E-state index is 0. The van der Waals surface area contributed by atoms with Gasteiger partial charge in [0.1, 0.15) is 17.5 Å².